The Balaban J connectivity index is 2.63. The molecule has 0 unspecified atom stereocenters. The Morgan fingerprint density at radius 3 is 2.48 bits per heavy atom. The SMILES string of the molecule is CC(C)OC(=O)NS(=O)(=O)Nc1ccc(OCC#N)cc1. The monoisotopic (exact) mass is 313 g/mol. The second-order valence-electron chi connectivity index (χ2n) is 4.13. The molecule has 0 fully saturated rings. The van der Waals surface area contributed by atoms with Gasteiger partial charge in [-0.3, -0.25) is 4.72 Å². The van der Waals surface area contributed by atoms with E-state index in [0.29, 0.717) is 5.75 Å². The number of anilines is 1. The average Bonchev–Trinajstić information content (AvgIpc) is 2.35. The van der Waals surface area contributed by atoms with Crippen molar-refractivity contribution in [2.45, 2.75) is 20.0 Å². The first-order valence-electron chi connectivity index (χ1n) is 5.93. The minimum absolute atomic E-state index is 0.103. The van der Waals surface area contributed by atoms with Crippen LogP contribution in [0.15, 0.2) is 24.3 Å². The summed E-state index contributed by atoms with van der Waals surface area (Å²) in [5.41, 5.74) is 0.226. The first-order valence-corrected chi connectivity index (χ1v) is 7.41. The molecule has 0 aromatic heterocycles. The Morgan fingerprint density at radius 2 is 1.95 bits per heavy atom. The van der Waals surface area contributed by atoms with Crippen LogP contribution in [0, 0.1) is 11.3 Å². The number of benzene rings is 1. The summed E-state index contributed by atoms with van der Waals surface area (Å²) in [6.07, 6.45) is -1.50. The van der Waals surface area contributed by atoms with Gasteiger partial charge >= 0.3 is 16.3 Å². The molecule has 0 saturated carbocycles. The molecule has 9 heteroatoms. The third-order valence-electron chi connectivity index (χ3n) is 1.97. The lowest BCUT2D eigenvalue weighted by atomic mass is 10.3. The lowest BCUT2D eigenvalue weighted by molar-refractivity contribution is 0.121. The van der Waals surface area contributed by atoms with Crippen LogP contribution in [-0.4, -0.2) is 27.2 Å². The van der Waals surface area contributed by atoms with Crippen molar-refractivity contribution < 1.29 is 22.7 Å². The van der Waals surface area contributed by atoms with Crippen LogP contribution in [0.4, 0.5) is 10.5 Å². The van der Waals surface area contributed by atoms with Crippen molar-refractivity contribution in [1.82, 2.24) is 4.72 Å². The Labute approximate surface area is 122 Å². The second-order valence-corrected chi connectivity index (χ2v) is 5.55. The molecule has 0 heterocycles. The van der Waals surface area contributed by atoms with E-state index in [1.54, 1.807) is 18.6 Å². The van der Waals surface area contributed by atoms with E-state index in [-0.39, 0.29) is 12.3 Å². The summed E-state index contributed by atoms with van der Waals surface area (Å²) in [6, 6.07) is 7.65. The van der Waals surface area contributed by atoms with E-state index in [4.69, 9.17) is 10.00 Å². The lowest BCUT2D eigenvalue weighted by Crippen LogP contribution is -2.36. The quantitative estimate of drug-likeness (QED) is 0.819. The highest BCUT2D eigenvalue weighted by Crippen LogP contribution is 2.16. The van der Waals surface area contributed by atoms with Gasteiger partial charge in [-0.15, -0.1) is 0 Å². The number of nitrogens with zero attached hydrogens (tertiary/aromatic N) is 1. The van der Waals surface area contributed by atoms with Crippen molar-refractivity contribution in [2.75, 3.05) is 11.3 Å². The molecule has 0 bridgehead atoms. The van der Waals surface area contributed by atoms with E-state index in [0.717, 1.165) is 0 Å². The molecule has 0 radical (unpaired) electrons. The number of nitrogens with one attached hydrogen (secondary N) is 2. The molecule has 1 aromatic rings. The van der Waals surface area contributed by atoms with E-state index in [2.05, 4.69) is 9.46 Å². The molecule has 0 spiro atoms. The molecule has 2 N–H and O–H groups in total. The number of hydrogen-bond donors (Lipinski definition) is 2. The number of carbonyl (C=O) groups is 1. The maximum atomic E-state index is 11.7. The smallest absolute Gasteiger partial charge is 0.422 e. The highest BCUT2D eigenvalue weighted by atomic mass is 32.2. The van der Waals surface area contributed by atoms with Gasteiger partial charge in [0, 0.05) is 0 Å². The predicted octanol–water partition coefficient (Wildman–Crippen LogP) is 1.38. The third kappa shape index (κ3) is 6.49. The fourth-order valence-electron chi connectivity index (χ4n) is 1.26. The number of carbonyl (C=O) groups excluding carboxylic acids is 1. The molecule has 1 rings (SSSR count). The Morgan fingerprint density at radius 1 is 1.33 bits per heavy atom. The first kappa shape index (κ1) is 16.6. The lowest BCUT2D eigenvalue weighted by Gasteiger charge is -2.11. The molecule has 0 aliphatic rings. The van der Waals surface area contributed by atoms with Crippen molar-refractivity contribution in [2.24, 2.45) is 0 Å². The highest BCUT2D eigenvalue weighted by molar-refractivity contribution is 7.91. The van der Waals surface area contributed by atoms with Crippen molar-refractivity contribution in [3.05, 3.63) is 24.3 Å². The minimum Gasteiger partial charge on any atom is -0.479 e. The van der Waals surface area contributed by atoms with Crippen molar-refractivity contribution in [3.8, 4) is 11.8 Å². The molecule has 1 amide bonds. The number of nitriles is 1. The summed E-state index contributed by atoms with van der Waals surface area (Å²) < 4.78 is 36.8. The number of rotatable bonds is 6. The zero-order valence-corrected chi connectivity index (χ0v) is 12.3. The molecule has 114 valence electrons. The van der Waals surface area contributed by atoms with Crippen LogP contribution in [0.5, 0.6) is 5.75 Å². The first-order chi connectivity index (χ1) is 9.82. The third-order valence-corrected chi connectivity index (χ3v) is 2.91. The van der Waals surface area contributed by atoms with E-state index in [9.17, 15) is 13.2 Å². The van der Waals surface area contributed by atoms with Crippen LogP contribution in [0.2, 0.25) is 0 Å². The average molecular weight is 313 g/mol. The molecule has 0 aliphatic carbocycles. The van der Waals surface area contributed by atoms with Gasteiger partial charge in [-0.25, -0.2) is 9.52 Å². The minimum atomic E-state index is -4.08. The van der Waals surface area contributed by atoms with Gasteiger partial charge in [-0.1, -0.05) is 0 Å². The fourth-order valence-corrected chi connectivity index (χ4v) is 2.03. The van der Waals surface area contributed by atoms with E-state index < -0.39 is 22.4 Å². The van der Waals surface area contributed by atoms with Crippen LogP contribution in [0.3, 0.4) is 0 Å². The molecular weight excluding hydrogens is 298 g/mol. The summed E-state index contributed by atoms with van der Waals surface area (Å²) in [5.74, 6) is 0.423. The standard InChI is InChI=1S/C12H15N3O5S/c1-9(2)20-12(16)15-21(17,18)14-10-3-5-11(6-4-10)19-8-7-13/h3-6,9,14H,8H2,1-2H3,(H,15,16). The summed E-state index contributed by atoms with van der Waals surface area (Å²) >= 11 is 0. The zero-order chi connectivity index (χ0) is 15.9. The summed E-state index contributed by atoms with van der Waals surface area (Å²) in [6.45, 7) is 3.09. The number of ether oxygens (including phenoxy) is 2. The Bertz CT molecular complexity index is 619. The van der Waals surface area contributed by atoms with Crippen molar-refractivity contribution >= 4 is 22.0 Å². The topological polar surface area (TPSA) is 118 Å². The van der Waals surface area contributed by atoms with Crippen LogP contribution in [-0.2, 0) is 14.9 Å². The summed E-state index contributed by atoms with van der Waals surface area (Å²) in [4.78, 5) is 11.2. The van der Waals surface area contributed by atoms with E-state index in [1.165, 1.54) is 24.3 Å². The number of hydrogen-bond acceptors (Lipinski definition) is 6. The van der Waals surface area contributed by atoms with Crippen LogP contribution < -0.4 is 14.2 Å². The van der Waals surface area contributed by atoms with Crippen LogP contribution >= 0.6 is 0 Å². The number of amides is 1. The molecule has 1 aromatic carbocycles. The zero-order valence-electron chi connectivity index (χ0n) is 11.5. The fraction of sp³-hybridized carbons (Fsp3) is 0.333. The van der Waals surface area contributed by atoms with Crippen molar-refractivity contribution in [1.29, 1.82) is 5.26 Å². The van der Waals surface area contributed by atoms with Gasteiger partial charge < -0.3 is 9.47 Å². The van der Waals surface area contributed by atoms with Gasteiger partial charge in [0.25, 0.3) is 0 Å². The summed E-state index contributed by atoms with van der Waals surface area (Å²) in [5, 5.41) is 8.36. The largest absolute Gasteiger partial charge is 0.479 e. The molecule has 0 atom stereocenters. The Kier molecular flexibility index (Phi) is 5.80. The maximum absolute atomic E-state index is 11.7. The molecular formula is C12H15N3O5S. The Hall–Kier alpha value is -2.47. The van der Waals surface area contributed by atoms with Crippen LogP contribution in [0.25, 0.3) is 0 Å². The van der Waals surface area contributed by atoms with E-state index >= 15 is 0 Å². The van der Waals surface area contributed by atoms with Gasteiger partial charge in [-0.05, 0) is 38.1 Å². The molecule has 0 saturated heterocycles. The van der Waals surface area contributed by atoms with Gasteiger partial charge in [0.05, 0.1) is 11.8 Å². The maximum Gasteiger partial charge on any atom is 0.422 e. The van der Waals surface area contributed by atoms with Gasteiger partial charge in [0.1, 0.15) is 11.8 Å². The molecule has 21 heavy (non-hydrogen) atoms. The summed E-state index contributed by atoms with van der Waals surface area (Å²) in [7, 11) is -4.08. The second kappa shape index (κ2) is 7.35. The highest BCUT2D eigenvalue weighted by Gasteiger charge is 2.16. The normalized spacial score (nSPS) is 10.6. The van der Waals surface area contributed by atoms with Crippen molar-refractivity contribution in [3.63, 3.8) is 0 Å². The predicted molar refractivity (Wildman–Crippen MR) is 74.8 cm³/mol. The van der Waals surface area contributed by atoms with Gasteiger partial charge in [0.15, 0.2) is 6.61 Å². The molecule has 8 nitrogen and oxygen atoms in total. The van der Waals surface area contributed by atoms with Gasteiger partial charge in [0.2, 0.25) is 0 Å². The van der Waals surface area contributed by atoms with Crippen LogP contribution in [0.1, 0.15) is 13.8 Å². The molecule has 0 aliphatic heterocycles. The van der Waals surface area contributed by atoms with E-state index in [1.807, 2.05) is 6.07 Å². The van der Waals surface area contributed by atoms with Gasteiger partial charge in [-0.2, -0.15) is 13.7 Å².